The molecule has 28 heavy (non-hydrogen) atoms. The van der Waals surface area contributed by atoms with Crippen LogP contribution in [0.3, 0.4) is 0 Å². The first kappa shape index (κ1) is 17.9. The van der Waals surface area contributed by atoms with Crippen LogP contribution in [0.25, 0.3) is 22.2 Å². The van der Waals surface area contributed by atoms with E-state index in [-0.39, 0.29) is 11.7 Å². The van der Waals surface area contributed by atoms with Gasteiger partial charge >= 0.3 is 0 Å². The zero-order valence-corrected chi connectivity index (χ0v) is 15.4. The smallest absolute Gasteiger partial charge is 0.274 e. The number of H-pyrrole nitrogens is 1. The topological polar surface area (TPSA) is 61.9 Å². The third-order valence-electron chi connectivity index (χ3n) is 4.74. The molecule has 0 unspecified atom stereocenters. The number of likely N-dealkylation sites (N-methyl/N-ethyl adjacent to an activating group) is 1. The van der Waals surface area contributed by atoms with Crippen LogP contribution in [0.15, 0.2) is 67.1 Å². The summed E-state index contributed by atoms with van der Waals surface area (Å²) in [7, 11) is 1.74. The summed E-state index contributed by atoms with van der Waals surface area (Å²) < 4.78 is 13.6. The van der Waals surface area contributed by atoms with E-state index in [1.54, 1.807) is 24.2 Å². The molecule has 0 radical (unpaired) electrons. The molecule has 0 saturated heterocycles. The highest BCUT2D eigenvalue weighted by Crippen LogP contribution is 2.22. The molecule has 0 aliphatic heterocycles. The summed E-state index contributed by atoms with van der Waals surface area (Å²) in [5, 5.41) is 0.838. The van der Waals surface area contributed by atoms with Crippen LogP contribution in [0.4, 0.5) is 4.39 Å². The van der Waals surface area contributed by atoms with Gasteiger partial charge in [-0.15, -0.1) is 0 Å². The number of nitrogens with one attached hydrogen (secondary N) is 1. The fourth-order valence-corrected chi connectivity index (χ4v) is 3.23. The molecule has 2 aromatic heterocycles. The lowest BCUT2D eigenvalue weighted by molar-refractivity contribution is 0.0791. The lowest BCUT2D eigenvalue weighted by Crippen LogP contribution is -2.30. The molecule has 140 valence electrons. The van der Waals surface area contributed by atoms with Crippen molar-refractivity contribution in [2.45, 2.75) is 6.42 Å². The molecule has 0 fully saturated rings. The average molecular weight is 374 g/mol. The number of benzene rings is 2. The minimum Gasteiger partial charge on any atom is -0.361 e. The van der Waals surface area contributed by atoms with Gasteiger partial charge in [0.1, 0.15) is 11.5 Å². The predicted molar refractivity (Wildman–Crippen MR) is 106 cm³/mol. The van der Waals surface area contributed by atoms with E-state index in [0.717, 1.165) is 22.0 Å². The summed E-state index contributed by atoms with van der Waals surface area (Å²) in [5.74, 6) is -0.470. The van der Waals surface area contributed by atoms with Crippen LogP contribution < -0.4 is 0 Å². The van der Waals surface area contributed by atoms with Crippen molar-refractivity contribution in [3.63, 3.8) is 0 Å². The highest BCUT2D eigenvalue weighted by atomic mass is 19.1. The van der Waals surface area contributed by atoms with Crippen LogP contribution >= 0.6 is 0 Å². The number of halogens is 1. The number of amides is 1. The third-order valence-corrected chi connectivity index (χ3v) is 4.74. The van der Waals surface area contributed by atoms with Crippen molar-refractivity contribution < 1.29 is 9.18 Å². The summed E-state index contributed by atoms with van der Waals surface area (Å²) in [6.07, 6.45) is 5.57. The van der Waals surface area contributed by atoms with Gasteiger partial charge in [-0.2, -0.15) is 0 Å². The minimum atomic E-state index is -0.273. The van der Waals surface area contributed by atoms with Gasteiger partial charge in [0, 0.05) is 48.6 Å². The number of carbonyl (C=O) groups is 1. The van der Waals surface area contributed by atoms with E-state index >= 15 is 0 Å². The summed E-state index contributed by atoms with van der Waals surface area (Å²) in [5.41, 5.74) is 3.58. The molecule has 2 aromatic carbocycles. The van der Waals surface area contributed by atoms with Gasteiger partial charge in [0.15, 0.2) is 5.69 Å². The van der Waals surface area contributed by atoms with Crippen LogP contribution in [0.2, 0.25) is 0 Å². The van der Waals surface area contributed by atoms with E-state index in [2.05, 4.69) is 15.0 Å². The molecule has 6 heteroatoms. The first-order valence-corrected chi connectivity index (χ1v) is 9.01. The van der Waals surface area contributed by atoms with Crippen molar-refractivity contribution in [2.24, 2.45) is 0 Å². The quantitative estimate of drug-likeness (QED) is 0.573. The molecule has 1 N–H and O–H groups in total. The summed E-state index contributed by atoms with van der Waals surface area (Å²) in [4.78, 5) is 26.4. The fourth-order valence-electron chi connectivity index (χ4n) is 3.23. The van der Waals surface area contributed by atoms with Gasteiger partial charge in [-0.05, 0) is 30.2 Å². The van der Waals surface area contributed by atoms with E-state index in [0.29, 0.717) is 24.4 Å². The van der Waals surface area contributed by atoms with E-state index in [9.17, 15) is 9.18 Å². The van der Waals surface area contributed by atoms with Crippen molar-refractivity contribution in [3.8, 4) is 11.3 Å². The van der Waals surface area contributed by atoms with Crippen molar-refractivity contribution in [3.05, 3.63) is 84.2 Å². The Labute approximate surface area is 161 Å². The van der Waals surface area contributed by atoms with Crippen LogP contribution in [0, 0.1) is 5.82 Å². The SMILES string of the molecule is CN(CCc1c[nH]c2ccc(F)cc12)C(=O)c1nccnc1-c1ccccc1. The second-order valence-electron chi connectivity index (χ2n) is 6.60. The molecule has 0 aliphatic rings. The van der Waals surface area contributed by atoms with Gasteiger partial charge < -0.3 is 9.88 Å². The number of aromatic amines is 1. The number of hydrogen-bond acceptors (Lipinski definition) is 3. The predicted octanol–water partition coefficient (Wildman–Crippen LogP) is 4.08. The zero-order valence-electron chi connectivity index (χ0n) is 15.4. The maximum Gasteiger partial charge on any atom is 0.274 e. The van der Waals surface area contributed by atoms with Crippen molar-refractivity contribution >= 4 is 16.8 Å². The largest absolute Gasteiger partial charge is 0.361 e. The lowest BCUT2D eigenvalue weighted by Gasteiger charge is -2.18. The van der Waals surface area contributed by atoms with Crippen LogP contribution in [0.1, 0.15) is 16.1 Å². The monoisotopic (exact) mass is 374 g/mol. The molecule has 5 nitrogen and oxygen atoms in total. The van der Waals surface area contributed by atoms with Crippen molar-refractivity contribution in [1.82, 2.24) is 19.9 Å². The number of rotatable bonds is 5. The average Bonchev–Trinajstić information content (AvgIpc) is 3.14. The van der Waals surface area contributed by atoms with Crippen molar-refractivity contribution in [1.29, 1.82) is 0 Å². The molecule has 0 bridgehead atoms. The van der Waals surface area contributed by atoms with E-state index in [1.807, 2.05) is 36.5 Å². The number of aromatic nitrogens is 3. The molecule has 0 saturated carbocycles. The normalized spacial score (nSPS) is 10.9. The number of nitrogens with zero attached hydrogens (tertiary/aromatic N) is 3. The third kappa shape index (κ3) is 3.49. The highest BCUT2D eigenvalue weighted by molar-refractivity contribution is 5.97. The Morgan fingerprint density at radius 3 is 2.71 bits per heavy atom. The standard InChI is InChI=1S/C22H19FN4O/c1-27(12-9-16-14-26-19-8-7-17(23)13-18(16)19)22(28)21-20(24-10-11-25-21)15-5-3-2-4-6-15/h2-8,10-11,13-14,26H,9,12H2,1H3. The van der Waals surface area contributed by atoms with Crippen LogP contribution in [-0.4, -0.2) is 39.4 Å². The Bertz CT molecular complexity index is 1120. The van der Waals surface area contributed by atoms with Gasteiger partial charge in [-0.3, -0.25) is 9.78 Å². The fraction of sp³-hybridized carbons (Fsp3) is 0.136. The van der Waals surface area contributed by atoms with Gasteiger partial charge in [0.25, 0.3) is 5.91 Å². The molecule has 2 heterocycles. The molecular formula is C22H19FN4O. The Hall–Kier alpha value is -3.54. The Balaban J connectivity index is 1.54. The van der Waals surface area contributed by atoms with Gasteiger partial charge in [0.2, 0.25) is 0 Å². The minimum absolute atomic E-state index is 0.196. The summed E-state index contributed by atoms with van der Waals surface area (Å²) >= 11 is 0. The maximum absolute atomic E-state index is 13.6. The Kier molecular flexibility index (Phi) is 4.85. The second kappa shape index (κ2) is 7.60. The molecule has 0 spiro atoms. The summed E-state index contributed by atoms with van der Waals surface area (Å²) in [6, 6.07) is 14.2. The lowest BCUT2D eigenvalue weighted by atomic mass is 10.1. The van der Waals surface area contributed by atoms with Gasteiger partial charge in [0.05, 0.1) is 0 Å². The molecule has 0 atom stereocenters. The van der Waals surface area contributed by atoms with Crippen LogP contribution in [-0.2, 0) is 6.42 Å². The van der Waals surface area contributed by atoms with Gasteiger partial charge in [-0.25, -0.2) is 9.37 Å². The van der Waals surface area contributed by atoms with Gasteiger partial charge in [-0.1, -0.05) is 30.3 Å². The van der Waals surface area contributed by atoms with Crippen LogP contribution in [0.5, 0.6) is 0 Å². The first-order chi connectivity index (χ1) is 13.6. The van der Waals surface area contributed by atoms with E-state index < -0.39 is 0 Å². The molecule has 0 aliphatic carbocycles. The zero-order chi connectivity index (χ0) is 19.5. The first-order valence-electron chi connectivity index (χ1n) is 9.01. The number of fused-ring (bicyclic) bond motifs is 1. The van der Waals surface area contributed by atoms with E-state index in [4.69, 9.17) is 0 Å². The van der Waals surface area contributed by atoms with Crippen molar-refractivity contribution in [2.75, 3.05) is 13.6 Å². The molecule has 4 aromatic rings. The molecule has 1 amide bonds. The van der Waals surface area contributed by atoms with E-state index in [1.165, 1.54) is 18.3 Å². The Morgan fingerprint density at radius 1 is 1.11 bits per heavy atom. The number of carbonyl (C=O) groups excluding carboxylic acids is 1. The highest BCUT2D eigenvalue weighted by Gasteiger charge is 2.19. The molecular weight excluding hydrogens is 355 g/mol. The second-order valence-corrected chi connectivity index (χ2v) is 6.60. The molecule has 4 rings (SSSR count). The summed E-state index contributed by atoms with van der Waals surface area (Å²) in [6.45, 7) is 0.479. The Morgan fingerprint density at radius 2 is 1.89 bits per heavy atom. The number of hydrogen-bond donors (Lipinski definition) is 1. The maximum atomic E-state index is 13.6.